The summed E-state index contributed by atoms with van der Waals surface area (Å²) in [7, 11) is 0. The Bertz CT molecular complexity index is 670. The van der Waals surface area contributed by atoms with Crippen molar-refractivity contribution in [3.05, 3.63) is 35.4 Å². The van der Waals surface area contributed by atoms with Crippen LogP contribution in [0.5, 0.6) is 0 Å². The highest BCUT2D eigenvalue weighted by Crippen LogP contribution is 2.21. The summed E-state index contributed by atoms with van der Waals surface area (Å²) >= 11 is 0. The quantitative estimate of drug-likeness (QED) is 0.799. The molecular weight excluding hydrogens is 346 g/mol. The first kappa shape index (κ1) is 20.7. The normalized spacial score (nSPS) is 19.4. The highest BCUT2D eigenvalue weighted by atomic mass is 16.4. The molecular formula is C20H29N3O4. The minimum atomic E-state index is -0.854. The third-order valence-corrected chi connectivity index (χ3v) is 4.99. The predicted molar refractivity (Wildman–Crippen MR) is 102 cm³/mol. The molecule has 2 unspecified atom stereocenters. The zero-order chi connectivity index (χ0) is 20.0. The molecule has 7 heteroatoms. The van der Waals surface area contributed by atoms with Crippen LogP contribution in [0.3, 0.4) is 0 Å². The molecule has 0 bridgehead atoms. The molecule has 0 radical (unpaired) electrons. The number of carbonyl (C=O) groups excluding carboxylic acids is 2. The number of carboxylic acids is 1. The van der Waals surface area contributed by atoms with Crippen LogP contribution in [0.4, 0.5) is 4.79 Å². The number of carbonyl (C=O) groups is 3. The van der Waals surface area contributed by atoms with Crippen molar-refractivity contribution in [1.29, 1.82) is 0 Å². The average molecular weight is 375 g/mol. The molecule has 7 nitrogen and oxygen atoms in total. The number of hydrogen-bond acceptors (Lipinski definition) is 3. The number of nitrogens with one attached hydrogen (secondary N) is 1. The van der Waals surface area contributed by atoms with E-state index in [1.165, 1.54) is 0 Å². The molecule has 0 spiro atoms. The molecule has 1 heterocycles. The molecule has 1 aromatic rings. The number of nitrogens with zero attached hydrogens (tertiary/aromatic N) is 2. The maximum absolute atomic E-state index is 12.4. The Balaban J connectivity index is 1.91. The van der Waals surface area contributed by atoms with Gasteiger partial charge in [-0.05, 0) is 43.9 Å². The van der Waals surface area contributed by atoms with Crippen molar-refractivity contribution in [2.45, 2.75) is 33.7 Å². The van der Waals surface area contributed by atoms with Crippen molar-refractivity contribution in [2.75, 3.05) is 26.2 Å². The Morgan fingerprint density at radius 2 is 1.78 bits per heavy atom. The second kappa shape index (κ2) is 9.39. The smallest absolute Gasteiger partial charge is 0.317 e. The molecule has 1 aliphatic heterocycles. The maximum Gasteiger partial charge on any atom is 0.317 e. The summed E-state index contributed by atoms with van der Waals surface area (Å²) in [6.45, 7) is 8.32. The Labute approximate surface area is 160 Å². The summed E-state index contributed by atoms with van der Waals surface area (Å²) in [6, 6.07) is 6.94. The van der Waals surface area contributed by atoms with Gasteiger partial charge in [-0.25, -0.2) is 4.79 Å². The van der Waals surface area contributed by atoms with Gasteiger partial charge in [-0.2, -0.15) is 0 Å². The van der Waals surface area contributed by atoms with Crippen LogP contribution in [0.15, 0.2) is 24.3 Å². The fraction of sp³-hybridized carbons (Fsp3) is 0.550. The third kappa shape index (κ3) is 5.45. The van der Waals surface area contributed by atoms with E-state index >= 15 is 0 Å². The Hall–Kier alpha value is -2.57. The second-order valence-corrected chi connectivity index (χ2v) is 7.11. The van der Waals surface area contributed by atoms with Crippen molar-refractivity contribution in [3.63, 3.8) is 0 Å². The van der Waals surface area contributed by atoms with Crippen molar-refractivity contribution < 1.29 is 19.5 Å². The van der Waals surface area contributed by atoms with Gasteiger partial charge >= 0.3 is 12.0 Å². The number of urea groups is 1. The van der Waals surface area contributed by atoms with E-state index in [4.69, 9.17) is 0 Å². The molecule has 0 aromatic heterocycles. The second-order valence-electron chi connectivity index (χ2n) is 7.11. The van der Waals surface area contributed by atoms with Crippen LogP contribution in [0.2, 0.25) is 0 Å². The van der Waals surface area contributed by atoms with Crippen molar-refractivity contribution in [3.8, 4) is 0 Å². The lowest BCUT2D eigenvalue weighted by Gasteiger charge is -2.34. The van der Waals surface area contributed by atoms with Gasteiger partial charge in [0.15, 0.2) is 0 Å². The van der Waals surface area contributed by atoms with Gasteiger partial charge in [-0.15, -0.1) is 0 Å². The summed E-state index contributed by atoms with van der Waals surface area (Å²) in [5, 5.41) is 12.1. The molecule has 2 N–H and O–H groups in total. The number of rotatable bonds is 6. The molecule has 1 aliphatic rings. The van der Waals surface area contributed by atoms with Gasteiger partial charge in [0.1, 0.15) is 0 Å². The van der Waals surface area contributed by atoms with Crippen molar-refractivity contribution in [2.24, 2.45) is 11.8 Å². The molecule has 2 rings (SSSR count). The van der Waals surface area contributed by atoms with Crippen LogP contribution >= 0.6 is 0 Å². The van der Waals surface area contributed by atoms with Gasteiger partial charge in [0, 0.05) is 38.3 Å². The summed E-state index contributed by atoms with van der Waals surface area (Å²) in [5.41, 5.74) is 1.52. The largest absolute Gasteiger partial charge is 0.481 e. The maximum atomic E-state index is 12.4. The fourth-order valence-corrected chi connectivity index (χ4v) is 3.44. The van der Waals surface area contributed by atoms with Crippen LogP contribution in [-0.4, -0.2) is 59.0 Å². The minimum absolute atomic E-state index is 0.00222. The van der Waals surface area contributed by atoms with Crippen LogP contribution in [-0.2, 0) is 11.3 Å². The van der Waals surface area contributed by atoms with Crippen molar-refractivity contribution in [1.82, 2.24) is 15.1 Å². The molecule has 2 atom stereocenters. The van der Waals surface area contributed by atoms with Gasteiger partial charge in [0.25, 0.3) is 5.91 Å². The summed E-state index contributed by atoms with van der Waals surface area (Å²) in [4.78, 5) is 39.3. The zero-order valence-corrected chi connectivity index (χ0v) is 16.3. The van der Waals surface area contributed by atoms with E-state index in [0.717, 1.165) is 5.56 Å². The van der Waals surface area contributed by atoms with Crippen molar-refractivity contribution >= 4 is 17.9 Å². The molecule has 148 valence electrons. The van der Waals surface area contributed by atoms with Gasteiger partial charge in [-0.1, -0.05) is 19.1 Å². The van der Waals surface area contributed by atoms with E-state index in [0.29, 0.717) is 38.2 Å². The van der Waals surface area contributed by atoms with Gasteiger partial charge in [0.2, 0.25) is 0 Å². The van der Waals surface area contributed by atoms with Gasteiger partial charge < -0.3 is 20.2 Å². The summed E-state index contributed by atoms with van der Waals surface area (Å²) in [5.74, 6) is -1.20. The zero-order valence-electron chi connectivity index (χ0n) is 16.3. The Morgan fingerprint density at radius 3 is 2.33 bits per heavy atom. The SMILES string of the molecule is CCN(CC)C(=O)c1ccc(CNC(=O)N2CC(C)CC(C(=O)O)C2)cc1. The van der Waals surface area contributed by atoms with Crippen LogP contribution < -0.4 is 5.32 Å². The number of hydrogen-bond donors (Lipinski definition) is 2. The number of aliphatic carboxylic acids is 1. The number of piperidine rings is 1. The van der Waals surface area contributed by atoms with E-state index < -0.39 is 11.9 Å². The average Bonchev–Trinajstić information content (AvgIpc) is 2.66. The standard InChI is InChI=1S/C20H29N3O4/c1-4-22(5-2)18(24)16-8-6-15(7-9-16)11-21-20(27)23-12-14(3)10-17(13-23)19(25)26/h6-9,14,17H,4-5,10-13H2,1-3H3,(H,21,27)(H,25,26). The number of likely N-dealkylation sites (tertiary alicyclic amines) is 1. The molecule has 3 amide bonds. The lowest BCUT2D eigenvalue weighted by molar-refractivity contribution is -0.143. The van der Waals surface area contributed by atoms with Crippen LogP contribution in [0.1, 0.15) is 43.1 Å². The molecule has 27 heavy (non-hydrogen) atoms. The third-order valence-electron chi connectivity index (χ3n) is 4.99. The van der Waals surface area contributed by atoms with E-state index in [9.17, 15) is 19.5 Å². The molecule has 1 aromatic carbocycles. The summed E-state index contributed by atoms with van der Waals surface area (Å²) < 4.78 is 0. The van der Waals surface area contributed by atoms with Gasteiger partial charge in [-0.3, -0.25) is 9.59 Å². The number of carboxylic acid groups (broad SMARTS) is 1. The van der Waals surface area contributed by atoms with E-state index in [1.807, 2.05) is 32.9 Å². The number of benzene rings is 1. The highest BCUT2D eigenvalue weighted by molar-refractivity contribution is 5.94. The minimum Gasteiger partial charge on any atom is -0.481 e. The van der Waals surface area contributed by atoms with Gasteiger partial charge in [0.05, 0.1) is 5.92 Å². The van der Waals surface area contributed by atoms with E-state index in [2.05, 4.69) is 5.32 Å². The Morgan fingerprint density at radius 1 is 1.15 bits per heavy atom. The lowest BCUT2D eigenvalue weighted by Crippen LogP contribution is -2.49. The first-order valence-electron chi connectivity index (χ1n) is 9.49. The van der Waals surface area contributed by atoms with Crippen LogP contribution in [0, 0.1) is 11.8 Å². The number of amides is 3. The fourth-order valence-electron chi connectivity index (χ4n) is 3.44. The molecule has 0 aliphatic carbocycles. The molecule has 1 fully saturated rings. The predicted octanol–water partition coefficient (Wildman–Crippen LogP) is 2.42. The monoisotopic (exact) mass is 375 g/mol. The lowest BCUT2D eigenvalue weighted by atomic mass is 9.91. The highest BCUT2D eigenvalue weighted by Gasteiger charge is 2.31. The van der Waals surface area contributed by atoms with E-state index in [-0.39, 0.29) is 24.4 Å². The molecule has 1 saturated heterocycles. The first-order chi connectivity index (χ1) is 12.8. The van der Waals surface area contributed by atoms with E-state index in [1.54, 1.807) is 21.9 Å². The summed E-state index contributed by atoms with van der Waals surface area (Å²) in [6.07, 6.45) is 0.598. The Kier molecular flexibility index (Phi) is 7.21. The topological polar surface area (TPSA) is 90.0 Å². The van der Waals surface area contributed by atoms with Crippen LogP contribution in [0.25, 0.3) is 0 Å². The molecule has 0 saturated carbocycles. The first-order valence-corrected chi connectivity index (χ1v) is 9.49.